The Morgan fingerprint density at radius 1 is 1.39 bits per heavy atom. The Kier molecular flexibility index (Phi) is 3.34. The van der Waals surface area contributed by atoms with Gasteiger partial charge in [0.15, 0.2) is 5.82 Å². The maximum absolute atomic E-state index is 11.7. The molecular weight excluding hydrogens is 250 g/mol. The predicted octanol–water partition coefficient (Wildman–Crippen LogP) is 1.55. The Morgan fingerprint density at radius 2 is 2.11 bits per heavy atom. The van der Waals surface area contributed by atoms with E-state index in [0.29, 0.717) is 13.0 Å². The molecular formula is C11H17N5OS. The third-order valence-electron chi connectivity index (χ3n) is 2.32. The van der Waals surface area contributed by atoms with E-state index in [2.05, 4.69) is 20.6 Å². The van der Waals surface area contributed by atoms with E-state index in [4.69, 9.17) is 0 Å². The fourth-order valence-electron chi connectivity index (χ4n) is 1.54. The summed E-state index contributed by atoms with van der Waals surface area (Å²) in [6.07, 6.45) is 0.510. The van der Waals surface area contributed by atoms with Crippen molar-refractivity contribution in [3.8, 4) is 0 Å². The lowest BCUT2D eigenvalue weighted by molar-refractivity contribution is -0.122. The summed E-state index contributed by atoms with van der Waals surface area (Å²) in [6.45, 7) is 8.42. The molecule has 0 aliphatic rings. The minimum atomic E-state index is 0.00203. The van der Waals surface area contributed by atoms with E-state index >= 15 is 0 Å². The van der Waals surface area contributed by atoms with E-state index in [1.165, 1.54) is 11.3 Å². The standard InChI is InChI=1S/C11H17N5OS/c1-7-13-14-10-16(7)15-9(18-10)6-12-8(17)5-11(2,3)4/h5-6H2,1-4H3,(H,12,17). The SMILES string of the molecule is Cc1nnc2sc(CNC(=O)CC(C)(C)C)nn12. The molecule has 2 aromatic rings. The average Bonchev–Trinajstić information content (AvgIpc) is 2.76. The van der Waals surface area contributed by atoms with Crippen molar-refractivity contribution in [2.75, 3.05) is 0 Å². The first-order chi connectivity index (χ1) is 8.35. The molecule has 0 radical (unpaired) electrons. The lowest BCUT2D eigenvalue weighted by atomic mass is 9.92. The number of carbonyl (C=O) groups excluding carboxylic acids is 1. The molecule has 0 unspecified atom stereocenters. The smallest absolute Gasteiger partial charge is 0.234 e. The highest BCUT2D eigenvalue weighted by Crippen LogP contribution is 2.18. The van der Waals surface area contributed by atoms with Crippen LogP contribution in [0.3, 0.4) is 0 Å². The van der Waals surface area contributed by atoms with Gasteiger partial charge in [0.05, 0.1) is 6.54 Å². The van der Waals surface area contributed by atoms with Gasteiger partial charge in [-0.3, -0.25) is 4.79 Å². The zero-order valence-electron chi connectivity index (χ0n) is 11.0. The summed E-state index contributed by atoms with van der Waals surface area (Å²) in [7, 11) is 0. The van der Waals surface area contributed by atoms with E-state index in [1.54, 1.807) is 4.52 Å². The number of hydrogen-bond donors (Lipinski definition) is 1. The number of nitrogens with one attached hydrogen (secondary N) is 1. The van der Waals surface area contributed by atoms with Gasteiger partial charge in [0, 0.05) is 6.42 Å². The summed E-state index contributed by atoms with van der Waals surface area (Å²) in [5, 5.41) is 15.9. The van der Waals surface area contributed by atoms with E-state index < -0.39 is 0 Å². The molecule has 0 spiro atoms. The zero-order chi connectivity index (χ0) is 13.3. The number of aromatic nitrogens is 4. The fourth-order valence-corrected chi connectivity index (χ4v) is 2.36. The van der Waals surface area contributed by atoms with Crippen molar-refractivity contribution in [3.05, 3.63) is 10.8 Å². The normalized spacial score (nSPS) is 12.0. The molecule has 0 bridgehead atoms. The number of rotatable bonds is 3. The number of hydrogen-bond acceptors (Lipinski definition) is 5. The number of amides is 1. The predicted molar refractivity (Wildman–Crippen MR) is 69.3 cm³/mol. The van der Waals surface area contributed by atoms with Crippen molar-refractivity contribution in [2.45, 2.75) is 40.7 Å². The van der Waals surface area contributed by atoms with Crippen molar-refractivity contribution >= 4 is 22.2 Å². The Bertz CT molecular complexity index is 565. The van der Waals surface area contributed by atoms with E-state index in [9.17, 15) is 4.79 Å². The second-order valence-corrected chi connectivity index (χ2v) is 6.49. The third-order valence-corrected chi connectivity index (χ3v) is 3.22. The first-order valence-electron chi connectivity index (χ1n) is 5.79. The third kappa shape index (κ3) is 3.04. The quantitative estimate of drug-likeness (QED) is 0.915. The van der Waals surface area contributed by atoms with Crippen LogP contribution in [0, 0.1) is 12.3 Å². The van der Waals surface area contributed by atoms with Crippen LogP contribution >= 0.6 is 11.3 Å². The molecule has 6 nitrogen and oxygen atoms in total. The van der Waals surface area contributed by atoms with Gasteiger partial charge in [0.25, 0.3) is 0 Å². The number of nitrogens with zero attached hydrogens (tertiary/aromatic N) is 4. The molecule has 0 aliphatic carbocycles. The van der Waals surface area contributed by atoms with Gasteiger partial charge < -0.3 is 5.32 Å². The lowest BCUT2D eigenvalue weighted by Gasteiger charge is -2.16. The molecule has 0 atom stereocenters. The van der Waals surface area contributed by atoms with Crippen LogP contribution in [0.4, 0.5) is 0 Å². The number of carbonyl (C=O) groups is 1. The minimum Gasteiger partial charge on any atom is -0.349 e. The highest BCUT2D eigenvalue weighted by atomic mass is 32.1. The summed E-state index contributed by atoms with van der Waals surface area (Å²) in [4.78, 5) is 12.4. The van der Waals surface area contributed by atoms with Crippen molar-refractivity contribution in [2.24, 2.45) is 5.41 Å². The fraction of sp³-hybridized carbons (Fsp3) is 0.636. The average molecular weight is 267 g/mol. The van der Waals surface area contributed by atoms with Crippen molar-refractivity contribution in [3.63, 3.8) is 0 Å². The topological polar surface area (TPSA) is 72.2 Å². The summed E-state index contributed by atoms with van der Waals surface area (Å²) < 4.78 is 1.69. The lowest BCUT2D eigenvalue weighted by Crippen LogP contribution is -2.27. The Hall–Kier alpha value is -1.50. The molecule has 0 aromatic carbocycles. The summed E-state index contributed by atoms with van der Waals surface area (Å²) in [5.74, 6) is 0.804. The van der Waals surface area contributed by atoms with E-state index in [1.807, 2.05) is 27.7 Å². The monoisotopic (exact) mass is 267 g/mol. The van der Waals surface area contributed by atoms with E-state index in [-0.39, 0.29) is 11.3 Å². The van der Waals surface area contributed by atoms with Crippen molar-refractivity contribution < 1.29 is 4.79 Å². The van der Waals surface area contributed by atoms with Crippen molar-refractivity contribution in [1.82, 2.24) is 25.1 Å². The van der Waals surface area contributed by atoms with Crippen LogP contribution in [-0.4, -0.2) is 25.7 Å². The van der Waals surface area contributed by atoms with Crippen LogP contribution in [0.5, 0.6) is 0 Å². The number of fused-ring (bicyclic) bond motifs is 1. The molecule has 1 amide bonds. The molecule has 0 saturated heterocycles. The Balaban J connectivity index is 1.96. The first kappa shape index (κ1) is 12.9. The van der Waals surface area contributed by atoms with Gasteiger partial charge in [-0.05, 0) is 12.3 Å². The van der Waals surface area contributed by atoms with Gasteiger partial charge in [-0.15, -0.1) is 10.2 Å². The second-order valence-electron chi connectivity index (χ2n) is 5.45. The van der Waals surface area contributed by atoms with Crippen LogP contribution < -0.4 is 5.32 Å². The molecule has 0 fully saturated rings. The van der Waals surface area contributed by atoms with Crippen LogP contribution in [0.2, 0.25) is 0 Å². The van der Waals surface area contributed by atoms with Gasteiger partial charge >= 0.3 is 0 Å². The van der Waals surface area contributed by atoms with Gasteiger partial charge in [-0.1, -0.05) is 32.1 Å². The summed E-state index contributed by atoms with van der Waals surface area (Å²) >= 11 is 1.44. The molecule has 0 saturated carbocycles. The van der Waals surface area contributed by atoms with Crippen LogP contribution in [-0.2, 0) is 11.3 Å². The molecule has 0 aliphatic heterocycles. The molecule has 18 heavy (non-hydrogen) atoms. The zero-order valence-corrected chi connectivity index (χ0v) is 11.8. The van der Waals surface area contributed by atoms with Gasteiger partial charge in [-0.2, -0.15) is 9.61 Å². The van der Waals surface area contributed by atoms with Crippen LogP contribution in [0.25, 0.3) is 4.96 Å². The molecule has 2 aromatic heterocycles. The molecule has 98 valence electrons. The highest BCUT2D eigenvalue weighted by molar-refractivity contribution is 7.16. The van der Waals surface area contributed by atoms with Gasteiger partial charge in [-0.25, -0.2) is 0 Å². The van der Waals surface area contributed by atoms with Gasteiger partial charge in [0.2, 0.25) is 10.9 Å². The molecule has 2 rings (SSSR count). The second kappa shape index (κ2) is 4.64. The van der Waals surface area contributed by atoms with Crippen LogP contribution in [0.1, 0.15) is 38.0 Å². The Morgan fingerprint density at radius 3 is 2.72 bits per heavy atom. The first-order valence-corrected chi connectivity index (χ1v) is 6.61. The maximum atomic E-state index is 11.7. The molecule has 1 N–H and O–H groups in total. The maximum Gasteiger partial charge on any atom is 0.234 e. The number of aryl methyl sites for hydroxylation is 1. The molecule has 2 heterocycles. The van der Waals surface area contributed by atoms with Gasteiger partial charge in [0.1, 0.15) is 5.01 Å². The van der Waals surface area contributed by atoms with Crippen molar-refractivity contribution in [1.29, 1.82) is 0 Å². The summed E-state index contributed by atoms with van der Waals surface area (Å²) in [5.41, 5.74) is 0.00203. The summed E-state index contributed by atoms with van der Waals surface area (Å²) in [6, 6.07) is 0. The van der Waals surface area contributed by atoms with Crippen LogP contribution in [0.15, 0.2) is 0 Å². The Labute approximate surface area is 109 Å². The minimum absolute atomic E-state index is 0.00203. The molecule has 7 heteroatoms. The largest absolute Gasteiger partial charge is 0.349 e. The highest BCUT2D eigenvalue weighted by Gasteiger charge is 2.16. The van der Waals surface area contributed by atoms with E-state index in [0.717, 1.165) is 15.8 Å².